The average Bonchev–Trinajstić information content (AvgIpc) is 3.39. The second kappa shape index (κ2) is 7.55. The Labute approximate surface area is 185 Å². The van der Waals surface area contributed by atoms with Crippen LogP contribution in [-0.4, -0.2) is 25.9 Å². The molecular formula is C22H16ClNO6S. The van der Waals surface area contributed by atoms with E-state index in [0.717, 1.165) is 0 Å². The molecule has 3 heterocycles. The number of anilines is 1. The van der Waals surface area contributed by atoms with Crippen molar-refractivity contribution in [3.05, 3.63) is 63.7 Å². The summed E-state index contributed by atoms with van der Waals surface area (Å²) in [6, 6.07) is 10.0. The largest absolute Gasteiger partial charge is 0.495 e. The maximum atomic E-state index is 13.2. The van der Waals surface area contributed by atoms with E-state index in [0.29, 0.717) is 38.9 Å². The fraction of sp³-hybridized carbons (Fsp3) is 0.182. The molecule has 2 aromatic heterocycles. The number of fused-ring (bicyclic) bond motifs is 2. The summed E-state index contributed by atoms with van der Waals surface area (Å²) in [4.78, 5) is 27.4. The van der Waals surface area contributed by atoms with Gasteiger partial charge in [-0.2, -0.15) is 0 Å². The van der Waals surface area contributed by atoms with Crippen molar-refractivity contribution in [3.8, 4) is 11.5 Å². The van der Waals surface area contributed by atoms with Gasteiger partial charge in [0.15, 0.2) is 16.6 Å². The lowest BCUT2D eigenvalue weighted by Gasteiger charge is -2.23. The Morgan fingerprint density at radius 2 is 1.81 bits per heavy atom. The Morgan fingerprint density at radius 1 is 1.06 bits per heavy atom. The van der Waals surface area contributed by atoms with Crippen molar-refractivity contribution in [2.24, 2.45) is 0 Å². The summed E-state index contributed by atoms with van der Waals surface area (Å²) in [6.45, 7) is 0. The lowest BCUT2D eigenvalue weighted by atomic mass is 10.1. The molecule has 1 fully saturated rings. The first-order valence-electron chi connectivity index (χ1n) is 9.31. The molecule has 0 bridgehead atoms. The molecule has 1 aliphatic heterocycles. The summed E-state index contributed by atoms with van der Waals surface area (Å²) in [6.07, 6.45) is 1.49. The molecule has 158 valence electrons. The fourth-order valence-electron chi connectivity index (χ4n) is 3.82. The van der Waals surface area contributed by atoms with E-state index in [2.05, 4.69) is 0 Å². The highest BCUT2D eigenvalue weighted by atomic mass is 35.5. The number of thioether (sulfide) groups is 1. The average molecular weight is 458 g/mol. The zero-order valence-corrected chi connectivity index (χ0v) is 18.1. The Hall–Kier alpha value is -3.10. The minimum absolute atomic E-state index is 0.0916. The number of amides is 1. The molecule has 1 unspecified atom stereocenters. The topological polar surface area (TPSA) is 82.1 Å². The van der Waals surface area contributed by atoms with E-state index in [1.807, 2.05) is 0 Å². The van der Waals surface area contributed by atoms with E-state index < -0.39 is 5.37 Å². The first-order chi connectivity index (χ1) is 15.0. The Bertz CT molecular complexity index is 1380. The molecule has 9 heteroatoms. The number of furan rings is 1. The molecule has 2 aromatic carbocycles. The highest BCUT2D eigenvalue weighted by Gasteiger charge is 2.37. The van der Waals surface area contributed by atoms with E-state index in [4.69, 9.17) is 29.9 Å². The van der Waals surface area contributed by atoms with Crippen LogP contribution in [0.1, 0.15) is 11.1 Å². The molecule has 0 radical (unpaired) electrons. The standard InChI is InChI=1S/C22H16ClNO6S/c1-27-18-13-7-8-29-19(13)21(28-2)20-17(18)14(25)9-15(30-20)22-24(16(26)10-31-22)12-5-3-11(23)4-6-12/h3-9,22H,10H2,1-2H3. The highest BCUT2D eigenvalue weighted by molar-refractivity contribution is 8.00. The second-order valence-electron chi connectivity index (χ2n) is 6.85. The van der Waals surface area contributed by atoms with Gasteiger partial charge in [-0.15, -0.1) is 11.8 Å². The number of carbonyl (C=O) groups is 1. The summed E-state index contributed by atoms with van der Waals surface area (Å²) in [7, 11) is 2.96. The first-order valence-corrected chi connectivity index (χ1v) is 10.7. The van der Waals surface area contributed by atoms with Crippen molar-refractivity contribution >= 4 is 56.9 Å². The number of nitrogens with zero attached hydrogens (tertiary/aromatic N) is 1. The minimum atomic E-state index is -0.520. The molecular weight excluding hydrogens is 442 g/mol. The molecule has 4 aromatic rings. The molecule has 1 aliphatic rings. The number of methoxy groups -OCH3 is 2. The van der Waals surface area contributed by atoms with Crippen molar-refractivity contribution in [3.63, 3.8) is 0 Å². The third kappa shape index (κ3) is 3.05. The highest BCUT2D eigenvalue weighted by Crippen LogP contribution is 2.46. The van der Waals surface area contributed by atoms with Crippen LogP contribution in [0.25, 0.3) is 21.9 Å². The van der Waals surface area contributed by atoms with Crippen LogP contribution in [0.5, 0.6) is 11.5 Å². The summed E-state index contributed by atoms with van der Waals surface area (Å²) >= 11 is 7.36. The number of hydrogen-bond donors (Lipinski definition) is 0. The molecule has 7 nitrogen and oxygen atoms in total. The summed E-state index contributed by atoms with van der Waals surface area (Å²) in [5.41, 5.74) is 0.987. The van der Waals surface area contributed by atoms with Crippen molar-refractivity contribution < 1.29 is 23.1 Å². The van der Waals surface area contributed by atoms with Gasteiger partial charge >= 0.3 is 0 Å². The second-order valence-corrected chi connectivity index (χ2v) is 8.36. The van der Waals surface area contributed by atoms with Crippen molar-refractivity contribution in [2.75, 3.05) is 24.9 Å². The van der Waals surface area contributed by atoms with E-state index >= 15 is 0 Å². The van der Waals surface area contributed by atoms with Crippen LogP contribution in [0.2, 0.25) is 5.02 Å². The molecule has 1 atom stereocenters. The van der Waals surface area contributed by atoms with Crippen LogP contribution in [-0.2, 0) is 4.79 Å². The smallest absolute Gasteiger partial charge is 0.238 e. The summed E-state index contributed by atoms with van der Waals surface area (Å²) < 4.78 is 22.8. The third-order valence-electron chi connectivity index (χ3n) is 5.14. The summed E-state index contributed by atoms with van der Waals surface area (Å²) in [5, 5.41) is 0.911. The van der Waals surface area contributed by atoms with E-state index in [1.165, 1.54) is 38.3 Å². The molecule has 0 aliphatic carbocycles. The Balaban J connectivity index is 1.74. The molecule has 0 spiro atoms. The van der Waals surface area contributed by atoms with E-state index in [9.17, 15) is 9.59 Å². The fourth-order valence-corrected chi connectivity index (χ4v) is 5.06. The van der Waals surface area contributed by atoms with Gasteiger partial charge in [0.05, 0.1) is 31.6 Å². The minimum Gasteiger partial charge on any atom is -0.495 e. The van der Waals surface area contributed by atoms with Crippen LogP contribution in [0.15, 0.2) is 56.3 Å². The van der Waals surface area contributed by atoms with Gasteiger partial charge in [0.1, 0.15) is 22.3 Å². The quantitative estimate of drug-likeness (QED) is 0.427. The number of hydrogen-bond acceptors (Lipinski definition) is 7. The zero-order chi connectivity index (χ0) is 21.7. The van der Waals surface area contributed by atoms with Gasteiger partial charge in [-0.05, 0) is 30.3 Å². The van der Waals surface area contributed by atoms with Gasteiger partial charge < -0.3 is 18.3 Å². The molecule has 5 rings (SSSR count). The zero-order valence-electron chi connectivity index (χ0n) is 16.5. The van der Waals surface area contributed by atoms with Gasteiger partial charge in [0.25, 0.3) is 0 Å². The van der Waals surface area contributed by atoms with Crippen LogP contribution >= 0.6 is 23.4 Å². The first kappa shape index (κ1) is 19.8. The van der Waals surface area contributed by atoms with Crippen LogP contribution in [0.3, 0.4) is 0 Å². The third-order valence-corrected chi connectivity index (χ3v) is 6.56. The van der Waals surface area contributed by atoms with Gasteiger partial charge in [-0.1, -0.05) is 11.6 Å². The predicted molar refractivity (Wildman–Crippen MR) is 119 cm³/mol. The lowest BCUT2D eigenvalue weighted by molar-refractivity contribution is -0.115. The maximum absolute atomic E-state index is 13.2. The SMILES string of the molecule is COc1c2occc2c(OC)c2c(=O)cc(C3SCC(=O)N3c3ccc(Cl)cc3)oc12. The normalized spacial score (nSPS) is 16.4. The number of carbonyl (C=O) groups excluding carboxylic acids is 1. The van der Waals surface area contributed by atoms with Crippen molar-refractivity contribution in [2.45, 2.75) is 5.37 Å². The van der Waals surface area contributed by atoms with Crippen LogP contribution < -0.4 is 19.8 Å². The van der Waals surface area contributed by atoms with Crippen molar-refractivity contribution in [1.29, 1.82) is 0 Å². The van der Waals surface area contributed by atoms with E-state index in [-0.39, 0.29) is 28.1 Å². The maximum Gasteiger partial charge on any atom is 0.238 e. The van der Waals surface area contributed by atoms with E-state index in [1.54, 1.807) is 35.2 Å². The lowest BCUT2D eigenvalue weighted by Crippen LogP contribution is -2.28. The van der Waals surface area contributed by atoms with Gasteiger partial charge in [-0.25, -0.2) is 0 Å². The molecule has 0 N–H and O–H groups in total. The van der Waals surface area contributed by atoms with Gasteiger partial charge in [-0.3, -0.25) is 14.5 Å². The molecule has 0 saturated carbocycles. The summed E-state index contributed by atoms with van der Waals surface area (Å²) in [5.74, 6) is 1.14. The number of halogens is 1. The number of ether oxygens (including phenoxy) is 2. The van der Waals surface area contributed by atoms with Gasteiger partial charge in [0.2, 0.25) is 11.7 Å². The monoisotopic (exact) mass is 457 g/mol. The number of rotatable bonds is 4. The molecule has 1 amide bonds. The Kier molecular flexibility index (Phi) is 4.83. The van der Waals surface area contributed by atoms with Gasteiger partial charge in [0, 0.05) is 16.8 Å². The van der Waals surface area contributed by atoms with Crippen LogP contribution in [0.4, 0.5) is 5.69 Å². The molecule has 31 heavy (non-hydrogen) atoms. The van der Waals surface area contributed by atoms with Crippen LogP contribution in [0, 0.1) is 0 Å². The predicted octanol–water partition coefficient (Wildman–Crippen LogP) is 4.99. The molecule has 1 saturated heterocycles. The van der Waals surface area contributed by atoms with Crippen molar-refractivity contribution in [1.82, 2.24) is 0 Å². The Morgan fingerprint density at radius 3 is 2.52 bits per heavy atom. The number of benzene rings is 2.